The third-order valence-corrected chi connectivity index (χ3v) is 4.29. The Balaban J connectivity index is 1.75. The summed E-state index contributed by atoms with van der Waals surface area (Å²) in [6.45, 7) is 3.16. The lowest BCUT2D eigenvalue weighted by Gasteiger charge is -2.08. The van der Waals surface area contributed by atoms with Gasteiger partial charge in [-0.2, -0.15) is 4.98 Å². The van der Waals surface area contributed by atoms with Crippen LogP contribution in [0.1, 0.15) is 12.5 Å². The van der Waals surface area contributed by atoms with Gasteiger partial charge < -0.3 is 9.47 Å². The highest BCUT2D eigenvalue weighted by atomic mass is 16.5. The quantitative estimate of drug-likeness (QED) is 0.521. The van der Waals surface area contributed by atoms with Gasteiger partial charge >= 0.3 is 0 Å². The predicted molar refractivity (Wildman–Crippen MR) is 104 cm³/mol. The Morgan fingerprint density at radius 3 is 2.48 bits per heavy atom. The maximum absolute atomic E-state index is 5.75. The molecule has 0 saturated carbocycles. The molecule has 0 aliphatic carbocycles. The van der Waals surface area contributed by atoms with E-state index in [1.54, 1.807) is 13.3 Å². The Labute approximate surface area is 157 Å². The number of nitrogens with zero attached hydrogens (tertiary/aromatic N) is 4. The fourth-order valence-electron chi connectivity index (χ4n) is 2.97. The summed E-state index contributed by atoms with van der Waals surface area (Å²) >= 11 is 0. The molecule has 1 aromatic carbocycles. The number of methoxy groups -OCH3 is 1. The lowest BCUT2D eigenvalue weighted by molar-refractivity contribution is 0.301. The second kappa shape index (κ2) is 7.45. The SMILES string of the molecule is CCOc1nc2cc(-c3ccc(OC)nc3)cnc2n1Cc1ccccc1. The van der Waals surface area contributed by atoms with E-state index in [0.29, 0.717) is 25.0 Å². The molecule has 0 amide bonds. The van der Waals surface area contributed by atoms with Gasteiger partial charge in [0.15, 0.2) is 5.65 Å². The van der Waals surface area contributed by atoms with E-state index in [1.807, 2.05) is 54.1 Å². The van der Waals surface area contributed by atoms with Crippen LogP contribution in [0.15, 0.2) is 60.9 Å². The van der Waals surface area contributed by atoms with Crippen molar-refractivity contribution in [2.75, 3.05) is 13.7 Å². The van der Waals surface area contributed by atoms with Crippen molar-refractivity contribution in [3.8, 4) is 23.0 Å². The number of pyridine rings is 2. The van der Waals surface area contributed by atoms with Crippen molar-refractivity contribution in [2.45, 2.75) is 13.5 Å². The smallest absolute Gasteiger partial charge is 0.298 e. The Bertz CT molecular complexity index is 1040. The van der Waals surface area contributed by atoms with E-state index in [2.05, 4.69) is 27.1 Å². The molecule has 0 fully saturated rings. The van der Waals surface area contributed by atoms with Crippen LogP contribution in [-0.2, 0) is 6.54 Å². The molecule has 4 rings (SSSR count). The van der Waals surface area contributed by atoms with Crippen molar-refractivity contribution in [1.82, 2.24) is 19.5 Å². The van der Waals surface area contributed by atoms with Crippen LogP contribution in [0.5, 0.6) is 11.9 Å². The standard InChI is InChI=1S/C21H20N4O2/c1-3-27-21-24-18-11-17(16-9-10-19(26-2)22-12-16)13-23-20(18)25(21)14-15-7-5-4-6-8-15/h4-13H,3,14H2,1-2H3. The lowest BCUT2D eigenvalue weighted by atomic mass is 10.1. The van der Waals surface area contributed by atoms with E-state index in [-0.39, 0.29) is 0 Å². The van der Waals surface area contributed by atoms with Crippen molar-refractivity contribution in [2.24, 2.45) is 0 Å². The Morgan fingerprint density at radius 2 is 1.78 bits per heavy atom. The number of ether oxygens (including phenoxy) is 2. The average Bonchev–Trinajstić information content (AvgIpc) is 3.05. The van der Waals surface area contributed by atoms with E-state index in [1.165, 1.54) is 5.56 Å². The second-order valence-electron chi connectivity index (χ2n) is 6.06. The van der Waals surface area contributed by atoms with Gasteiger partial charge in [-0.05, 0) is 24.6 Å². The minimum Gasteiger partial charge on any atom is -0.481 e. The molecule has 27 heavy (non-hydrogen) atoms. The molecule has 0 spiro atoms. The number of rotatable bonds is 6. The largest absolute Gasteiger partial charge is 0.481 e. The molecule has 0 unspecified atom stereocenters. The summed E-state index contributed by atoms with van der Waals surface area (Å²) in [5.41, 5.74) is 4.67. The fraction of sp³-hybridized carbons (Fsp3) is 0.190. The van der Waals surface area contributed by atoms with Gasteiger partial charge in [-0.25, -0.2) is 9.97 Å². The molecule has 136 valence electrons. The first-order chi connectivity index (χ1) is 13.3. The molecule has 3 heterocycles. The molecule has 6 nitrogen and oxygen atoms in total. The Morgan fingerprint density at radius 1 is 0.963 bits per heavy atom. The van der Waals surface area contributed by atoms with Crippen LogP contribution in [0.4, 0.5) is 0 Å². The number of fused-ring (bicyclic) bond motifs is 1. The third kappa shape index (κ3) is 3.46. The summed E-state index contributed by atoms with van der Waals surface area (Å²) < 4.78 is 12.9. The molecular formula is C21H20N4O2. The number of hydrogen-bond donors (Lipinski definition) is 0. The van der Waals surface area contributed by atoms with E-state index < -0.39 is 0 Å². The normalized spacial score (nSPS) is 10.9. The van der Waals surface area contributed by atoms with Gasteiger partial charge in [-0.15, -0.1) is 0 Å². The molecule has 0 N–H and O–H groups in total. The highest BCUT2D eigenvalue weighted by molar-refractivity contribution is 5.79. The van der Waals surface area contributed by atoms with Crippen LogP contribution in [0.3, 0.4) is 0 Å². The van der Waals surface area contributed by atoms with E-state index in [4.69, 9.17) is 9.47 Å². The van der Waals surface area contributed by atoms with Gasteiger partial charge in [-0.1, -0.05) is 30.3 Å². The van der Waals surface area contributed by atoms with Gasteiger partial charge in [0.1, 0.15) is 5.52 Å². The summed E-state index contributed by atoms with van der Waals surface area (Å²) in [5, 5.41) is 0. The van der Waals surface area contributed by atoms with E-state index >= 15 is 0 Å². The summed E-state index contributed by atoms with van der Waals surface area (Å²) in [6, 6.07) is 16.6. The zero-order chi connectivity index (χ0) is 18.6. The lowest BCUT2D eigenvalue weighted by Crippen LogP contribution is -2.05. The molecular weight excluding hydrogens is 340 g/mol. The monoisotopic (exact) mass is 360 g/mol. The molecule has 0 bridgehead atoms. The number of hydrogen-bond acceptors (Lipinski definition) is 5. The van der Waals surface area contributed by atoms with Crippen LogP contribution in [-0.4, -0.2) is 33.2 Å². The maximum atomic E-state index is 5.75. The topological polar surface area (TPSA) is 62.1 Å². The third-order valence-electron chi connectivity index (χ3n) is 4.29. The predicted octanol–water partition coefficient (Wildman–Crippen LogP) is 3.95. The van der Waals surface area contributed by atoms with E-state index in [0.717, 1.165) is 22.3 Å². The van der Waals surface area contributed by atoms with Crippen LogP contribution >= 0.6 is 0 Å². The first-order valence-corrected chi connectivity index (χ1v) is 8.82. The van der Waals surface area contributed by atoms with Crippen molar-refractivity contribution in [3.05, 3.63) is 66.5 Å². The summed E-state index contributed by atoms with van der Waals surface area (Å²) in [4.78, 5) is 13.6. The van der Waals surface area contributed by atoms with Crippen molar-refractivity contribution >= 4 is 11.2 Å². The summed E-state index contributed by atoms with van der Waals surface area (Å²) in [6.07, 6.45) is 3.61. The summed E-state index contributed by atoms with van der Waals surface area (Å²) in [7, 11) is 1.60. The van der Waals surface area contributed by atoms with Gasteiger partial charge in [0.25, 0.3) is 6.01 Å². The highest BCUT2D eigenvalue weighted by Crippen LogP contribution is 2.26. The molecule has 0 radical (unpaired) electrons. The van der Waals surface area contributed by atoms with Crippen molar-refractivity contribution in [1.29, 1.82) is 0 Å². The number of benzene rings is 1. The van der Waals surface area contributed by atoms with Crippen LogP contribution in [0.25, 0.3) is 22.3 Å². The van der Waals surface area contributed by atoms with Crippen molar-refractivity contribution in [3.63, 3.8) is 0 Å². The number of imidazole rings is 1. The molecule has 0 aliphatic rings. The molecule has 0 atom stereocenters. The average molecular weight is 360 g/mol. The zero-order valence-corrected chi connectivity index (χ0v) is 15.3. The molecule has 4 aromatic rings. The summed E-state index contributed by atoms with van der Waals surface area (Å²) in [5.74, 6) is 0.582. The van der Waals surface area contributed by atoms with Gasteiger partial charge in [-0.3, -0.25) is 4.57 Å². The number of aromatic nitrogens is 4. The molecule has 0 aliphatic heterocycles. The maximum Gasteiger partial charge on any atom is 0.298 e. The van der Waals surface area contributed by atoms with Crippen LogP contribution < -0.4 is 9.47 Å². The first kappa shape index (κ1) is 17.0. The van der Waals surface area contributed by atoms with Crippen molar-refractivity contribution < 1.29 is 9.47 Å². The van der Waals surface area contributed by atoms with E-state index in [9.17, 15) is 0 Å². The minimum atomic E-state index is 0.549. The molecule has 0 saturated heterocycles. The Kier molecular flexibility index (Phi) is 4.70. The van der Waals surface area contributed by atoms with Crippen LogP contribution in [0, 0.1) is 0 Å². The van der Waals surface area contributed by atoms with Gasteiger partial charge in [0.05, 0.1) is 20.3 Å². The molecule has 3 aromatic heterocycles. The van der Waals surface area contributed by atoms with Gasteiger partial charge in [0.2, 0.25) is 5.88 Å². The first-order valence-electron chi connectivity index (χ1n) is 8.82. The fourth-order valence-corrected chi connectivity index (χ4v) is 2.97. The minimum absolute atomic E-state index is 0.549. The zero-order valence-electron chi connectivity index (χ0n) is 15.3. The Hall–Kier alpha value is -3.41. The molecule has 6 heteroatoms. The van der Waals surface area contributed by atoms with Crippen LogP contribution in [0.2, 0.25) is 0 Å². The highest BCUT2D eigenvalue weighted by Gasteiger charge is 2.14. The second-order valence-corrected chi connectivity index (χ2v) is 6.06. The van der Waals surface area contributed by atoms with Gasteiger partial charge in [0, 0.05) is 29.6 Å².